The number of aliphatic hydroxyl groups is 1. The highest BCUT2D eigenvalue weighted by atomic mass is 16.5. The van der Waals surface area contributed by atoms with Crippen molar-refractivity contribution in [2.75, 3.05) is 6.61 Å². The fraction of sp³-hybridized carbons (Fsp3) is 0.429. The van der Waals surface area contributed by atoms with Crippen LogP contribution in [0.25, 0.3) is 0 Å². The fourth-order valence-electron chi connectivity index (χ4n) is 1.85. The first-order chi connectivity index (χ1) is 7.68. The normalized spacial score (nSPS) is 17.1. The Morgan fingerprint density at radius 2 is 1.75 bits per heavy atom. The molecule has 1 aromatic carbocycles. The Hall–Kier alpha value is -1.28. The van der Waals surface area contributed by atoms with Gasteiger partial charge in [-0.15, -0.1) is 0 Å². The Morgan fingerprint density at radius 3 is 2.25 bits per heavy atom. The maximum Gasteiger partial charge on any atom is 0.136 e. The van der Waals surface area contributed by atoms with Crippen LogP contribution in [0, 0.1) is 0 Å². The summed E-state index contributed by atoms with van der Waals surface area (Å²) >= 11 is 0. The Balaban J connectivity index is 2.14. The van der Waals surface area contributed by atoms with Crippen molar-refractivity contribution in [2.45, 2.75) is 32.3 Å². The number of benzene rings is 1. The van der Waals surface area contributed by atoms with Gasteiger partial charge in [0.15, 0.2) is 0 Å². The summed E-state index contributed by atoms with van der Waals surface area (Å²) in [6.45, 7) is 5.01. The van der Waals surface area contributed by atoms with Crippen molar-refractivity contribution in [3.63, 3.8) is 0 Å². The molecule has 0 radical (unpaired) electrons. The van der Waals surface area contributed by atoms with E-state index in [0.29, 0.717) is 18.3 Å². The van der Waals surface area contributed by atoms with Gasteiger partial charge in [-0.05, 0) is 23.1 Å². The maximum atomic E-state index is 10.1. The summed E-state index contributed by atoms with van der Waals surface area (Å²) in [7, 11) is 0. The van der Waals surface area contributed by atoms with Crippen LogP contribution in [0.3, 0.4) is 0 Å². The Labute approximate surface area is 96.6 Å². The van der Waals surface area contributed by atoms with E-state index in [-0.39, 0.29) is 0 Å². The average molecular weight is 218 g/mol. The molecule has 2 rings (SSSR count). The van der Waals surface area contributed by atoms with Crippen LogP contribution < -0.4 is 0 Å². The first-order valence-electron chi connectivity index (χ1n) is 5.79. The lowest BCUT2D eigenvalue weighted by molar-refractivity contribution is 0.119. The van der Waals surface area contributed by atoms with Crippen LogP contribution in [0.4, 0.5) is 0 Å². The summed E-state index contributed by atoms with van der Waals surface area (Å²) in [6.07, 6.45) is 2.25. The van der Waals surface area contributed by atoms with E-state index in [0.717, 1.165) is 12.0 Å². The quantitative estimate of drug-likeness (QED) is 0.844. The van der Waals surface area contributed by atoms with Crippen LogP contribution in [0.15, 0.2) is 36.1 Å². The van der Waals surface area contributed by atoms with Crippen LogP contribution in [0.1, 0.15) is 43.4 Å². The maximum absolute atomic E-state index is 10.1. The van der Waals surface area contributed by atoms with Crippen LogP contribution in [-0.4, -0.2) is 11.7 Å². The minimum atomic E-state index is -0.608. The monoisotopic (exact) mass is 218 g/mol. The third-order valence-electron chi connectivity index (χ3n) is 2.92. The molecule has 1 unspecified atom stereocenters. The lowest BCUT2D eigenvalue weighted by Crippen LogP contribution is -2.02. The Morgan fingerprint density at radius 1 is 1.12 bits per heavy atom. The summed E-state index contributed by atoms with van der Waals surface area (Å²) in [5.74, 6) is 1.21. The zero-order valence-electron chi connectivity index (χ0n) is 9.81. The van der Waals surface area contributed by atoms with Gasteiger partial charge in [0.1, 0.15) is 11.9 Å². The Bertz CT molecular complexity index is 376. The van der Waals surface area contributed by atoms with Crippen molar-refractivity contribution >= 4 is 0 Å². The molecular weight excluding hydrogens is 200 g/mol. The molecule has 1 aliphatic heterocycles. The van der Waals surface area contributed by atoms with Crippen molar-refractivity contribution < 1.29 is 9.84 Å². The van der Waals surface area contributed by atoms with Gasteiger partial charge in [-0.2, -0.15) is 0 Å². The third-order valence-corrected chi connectivity index (χ3v) is 2.92. The van der Waals surface area contributed by atoms with E-state index in [1.54, 1.807) is 0 Å². The molecule has 0 fully saturated rings. The van der Waals surface area contributed by atoms with E-state index in [4.69, 9.17) is 4.74 Å². The lowest BCUT2D eigenvalue weighted by atomic mass is 9.99. The molecule has 0 saturated heterocycles. The van der Waals surface area contributed by atoms with E-state index < -0.39 is 6.10 Å². The molecule has 1 aliphatic rings. The molecule has 1 aromatic rings. The second-order valence-corrected chi connectivity index (χ2v) is 4.47. The SMILES string of the molecule is CC(C)c1ccc(C(O)C2=CCCO2)cc1. The predicted molar refractivity (Wildman–Crippen MR) is 64.1 cm³/mol. The van der Waals surface area contributed by atoms with Gasteiger partial charge in [-0.3, -0.25) is 0 Å². The van der Waals surface area contributed by atoms with E-state index in [1.165, 1.54) is 5.56 Å². The highest BCUT2D eigenvalue weighted by molar-refractivity contribution is 5.29. The highest BCUT2D eigenvalue weighted by Gasteiger charge is 2.17. The molecule has 16 heavy (non-hydrogen) atoms. The molecule has 86 valence electrons. The third kappa shape index (κ3) is 2.27. The van der Waals surface area contributed by atoms with Gasteiger partial charge in [0.05, 0.1) is 6.61 Å². The molecule has 0 spiro atoms. The predicted octanol–water partition coefficient (Wildman–Crippen LogP) is 3.15. The first kappa shape index (κ1) is 11.2. The molecule has 2 heteroatoms. The van der Waals surface area contributed by atoms with Gasteiger partial charge in [-0.1, -0.05) is 38.1 Å². The van der Waals surface area contributed by atoms with E-state index in [2.05, 4.69) is 26.0 Å². The van der Waals surface area contributed by atoms with Crippen LogP contribution in [-0.2, 0) is 4.74 Å². The zero-order chi connectivity index (χ0) is 11.5. The molecule has 0 saturated carbocycles. The van der Waals surface area contributed by atoms with Crippen molar-refractivity contribution in [2.24, 2.45) is 0 Å². The minimum absolute atomic E-state index is 0.521. The van der Waals surface area contributed by atoms with Gasteiger partial charge in [-0.25, -0.2) is 0 Å². The fourth-order valence-corrected chi connectivity index (χ4v) is 1.85. The molecular formula is C14H18O2. The largest absolute Gasteiger partial charge is 0.495 e. The zero-order valence-corrected chi connectivity index (χ0v) is 9.81. The van der Waals surface area contributed by atoms with Crippen molar-refractivity contribution in [1.29, 1.82) is 0 Å². The van der Waals surface area contributed by atoms with Crippen LogP contribution in [0.5, 0.6) is 0 Å². The summed E-state index contributed by atoms with van der Waals surface area (Å²) in [5.41, 5.74) is 2.19. The van der Waals surface area contributed by atoms with Crippen molar-refractivity contribution in [3.8, 4) is 0 Å². The van der Waals surface area contributed by atoms with Gasteiger partial charge in [0, 0.05) is 6.42 Å². The molecule has 0 aromatic heterocycles. The van der Waals surface area contributed by atoms with Gasteiger partial charge >= 0.3 is 0 Å². The number of hydrogen-bond donors (Lipinski definition) is 1. The molecule has 0 amide bonds. The smallest absolute Gasteiger partial charge is 0.136 e. The second-order valence-electron chi connectivity index (χ2n) is 4.47. The van der Waals surface area contributed by atoms with Crippen molar-refractivity contribution in [3.05, 3.63) is 47.2 Å². The molecule has 1 heterocycles. The van der Waals surface area contributed by atoms with E-state index >= 15 is 0 Å². The summed E-state index contributed by atoms with van der Waals surface area (Å²) < 4.78 is 5.36. The number of aliphatic hydroxyl groups excluding tert-OH is 1. The summed E-state index contributed by atoms with van der Waals surface area (Å²) in [4.78, 5) is 0. The molecule has 0 aliphatic carbocycles. The average Bonchev–Trinajstić information content (AvgIpc) is 2.81. The molecule has 0 bridgehead atoms. The van der Waals surface area contributed by atoms with Crippen molar-refractivity contribution in [1.82, 2.24) is 0 Å². The lowest BCUT2D eigenvalue weighted by Gasteiger charge is -2.13. The van der Waals surface area contributed by atoms with Gasteiger partial charge in [0.25, 0.3) is 0 Å². The minimum Gasteiger partial charge on any atom is -0.495 e. The summed E-state index contributed by atoms with van der Waals surface area (Å²) in [5, 5.41) is 10.1. The second kappa shape index (κ2) is 4.71. The summed E-state index contributed by atoms with van der Waals surface area (Å²) in [6, 6.07) is 8.09. The topological polar surface area (TPSA) is 29.5 Å². The standard InChI is InChI=1S/C14H18O2/c1-10(2)11-5-7-12(8-6-11)14(15)13-4-3-9-16-13/h4-8,10,14-15H,3,9H2,1-2H3. The van der Waals surface area contributed by atoms with E-state index in [9.17, 15) is 5.11 Å². The Kier molecular flexibility index (Phi) is 3.30. The highest BCUT2D eigenvalue weighted by Crippen LogP contribution is 2.27. The van der Waals surface area contributed by atoms with Crippen LogP contribution in [0.2, 0.25) is 0 Å². The van der Waals surface area contributed by atoms with E-state index in [1.807, 2.05) is 18.2 Å². The molecule has 2 nitrogen and oxygen atoms in total. The van der Waals surface area contributed by atoms with Gasteiger partial charge in [0.2, 0.25) is 0 Å². The number of hydrogen-bond acceptors (Lipinski definition) is 2. The molecule has 1 N–H and O–H groups in total. The first-order valence-corrected chi connectivity index (χ1v) is 5.79. The number of ether oxygens (including phenoxy) is 1. The number of rotatable bonds is 3. The molecule has 1 atom stereocenters. The van der Waals surface area contributed by atoms with Crippen LogP contribution >= 0.6 is 0 Å². The van der Waals surface area contributed by atoms with Gasteiger partial charge < -0.3 is 9.84 Å².